The highest BCUT2D eigenvalue weighted by molar-refractivity contribution is 9.10. The number of esters is 2. The Morgan fingerprint density at radius 3 is 2.30 bits per heavy atom. The highest BCUT2D eigenvalue weighted by atomic mass is 79.9. The highest BCUT2D eigenvalue weighted by Gasteiger charge is 2.19. The molecule has 0 saturated heterocycles. The number of anilines is 1. The van der Waals surface area contributed by atoms with Gasteiger partial charge in [0.15, 0.2) is 5.78 Å². The number of carbonyl (C=O) groups excluding carboxylic acids is 3. The molecule has 0 fully saturated rings. The molecule has 0 amide bonds. The summed E-state index contributed by atoms with van der Waals surface area (Å²) >= 11 is 3.29. The van der Waals surface area contributed by atoms with Gasteiger partial charge in [0.05, 0.1) is 20.3 Å². The molecule has 0 spiro atoms. The van der Waals surface area contributed by atoms with E-state index in [4.69, 9.17) is 0 Å². The van der Waals surface area contributed by atoms with Gasteiger partial charge in [-0.1, -0.05) is 15.9 Å². The first-order chi connectivity index (χ1) is 12.8. The molecule has 0 radical (unpaired) electrons. The first-order valence-electron chi connectivity index (χ1n) is 7.60. The first-order valence-corrected chi connectivity index (χ1v) is 8.39. The molecular weight excluding hydrogens is 421 g/mol. The van der Waals surface area contributed by atoms with E-state index in [9.17, 15) is 18.8 Å². The summed E-state index contributed by atoms with van der Waals surface area (Å²) in [5.41, 5.74) is 0.512. The van der Waals surface area contributed by atoms with Crippen molar-refractivity contribution in [2.24, 2.45) is 0 Å². The Hall–Kier alpha value is -3.00. The second-order valence-electron chi connectivity index (χ2n) is 5.22. The van der Waals surface area contributed by atoms with E-state index in [1.54, 1.807) is 18.2 Å². The Labute approximate surface area is 163 Å². The van der Waals surface area contributed by atoms with Gasteiger partial charge in [-0.2, -0.15) is 0 Å². The molecule has 1 N–H and O–H groups in total. The van der Waals surface area contributed by atoms with Gasteiger partial charge in [0.25, 0.3) is 0 Å². The van der Waals surface area contributed by atoms with Crippen LogP contribution in [0, 0.1) is 5.82 Å². The van der Waals surface area contributed by atoms with Gasteiger partial charge >= 0.3 is 11.9 Å². The van der Waals surface area contributed by atoms with E-state index < -0.39 is 23.5 Å². The fourth-order valence-corrected chi connectivity index (χ4v) is 2.51. The van der Waals surface area contributed by atoms with Crippen molar-refractivity contribution in [3.63, 3.8) is 0 Å². The van der Waals surface area contributed by atoms with Gasteiger partial charge in [-0.05, 0) is 42.5 Å². The summed E-state index contributed by atoms with van der Waals surface area (Å²) in [7, 11) is 2.32. The highest BCUT2D eigenvalue weighted by Crippen LogP contribution is 2.25. The van der Waals surface area contributed by atoms with Crippen molar-refractivity contribution < 1.29 is 28.2 Å². The van der Waals surface area contributed by atoms with Crippen molar-refractivity contribution in [1.82, 2.24) is 0 Å². The van der Waals surface area contributed by atoms with Gasteiger partial charge in [-0.3, -0.25) is 4.79 Å². The molecule has 8 heteroatoms. The average molecular weight is 436 g/mol. The molecule has 140 valence electrons. The molecule has 0 aliphatic rings. The van der Waals surface area contributed by atoms with Crippen molar-refractivity contribution >= 4 is 39.3 Å². The Bertz CT molecular complexity index is 909. The smallest absolute Gasteiger partial charge is 0.354 e. The third kappa shape index (κ3) is 5.24. The van der Waals surface area contributed by atoms with E-state index in [-0.39, 0.29) is 22.5 Å². The van der Waals surface area contributed by atoms with Crippen LogP contribution in [0.4, 0.5) is 10.1 Å². The number of rotatable bonds is 6. The molecular formula is C19H15BrFNO5. The predicted octanol–water partition coefficient (Wildman–Crippen LogP) is 3.46. The van der Waals surface area contributed by atoms with E-state index >= 15 is 0 Å². The van der Waals surface area contributed by atoms with E-state index in [0.29, 0.717) is 4.47 Å². The normalized spacial score (nSPS) is 10.9. The summed E-state index contributed by atoms with van der Waals surface area (Å²) in [6, 6.07) is 9.80. The maximum atomic E-state index is 13.1. The number of benzene rings is 2. The third-order valence-corrected chi connectivity index (χ3v) is 3.96. The fraction of sp³-hybridized carbons (Fsp3) is 0.105. The molecule has 2 aromatic rings. The van der Waals surface area contributed by atoms with E-state index in [1.807, 2.05) is 0 Å². The van der Waals surface area contributed by atoms with Crippen LogP contribution in [0.15, 0.2) is 58.7 Å². The first kappa shape index (κ1) is 20.3. The molecule has 0 aliphatic carbocycles. The second kappa shape index (κ2) is 9.09. The van der Waals surface area contributed by atoms with Crippen molar-refractivity contribution in [3.05, 3.63) is 75.7 Å². The lowest BCUT2D eigenvalue weighted by molar-refractivity contribution is -0.138. The quantitative estimate of drug-likeness (QED) is 0.425. The largest absolute Gasteiger partial charge is 0.466 e. The lowest BCUT2D eigenvalue weighted by atomic mass is 10.0. The van der Waals surface area contributed by atoms with E-state index in [1.165, 1.54) is 24.3 Å². The topological polar surface area (TPSA) is 81.7 Å². The van der Waals surface area contributed by atoms with Gasteiger partial charge in [0.1, 0.15) is 11.5 Å². The number of carbonyl (C=O) groups is 3. The van der Waals surface area contributed by atoms with E-state index in [0.717, 1.165) is 20.3 Å². The standard InChI is InChI=1S/C19H15BrFNO5/c1-26-17(23)10-16(19(25)27-2)22-15-8-5-12(20)9-14(15)18(24)11-3-6-13(21)7-4-11/h3-10,22H,1-2H3/b16-10+. The minimum atomic E-state index is -0.816. The van der Waals surface area contributed by atoms with Crippen molar-refractivity contribution in [2.45, 2.75) is 0 Å². The number of ether oxygens (including phenoxy) is 2. The van der Waals surface area contributed by atoms with Gasteiger partial charge in [0.2, 0.25) is 0 Å². The monoisotopic (exact) mass is 435 g/mol. The second-order valence-corrected chi connectivity index (χ2v) is 6.14. The lowest BCUT2D eigenvalue weighted by Gasteiger charge is -2.13. The van der Waals surface area contributed by atoms with E-state index in [2.05, 4.69) is 30.7 Å². The van der Waals surface area contributed by atoms with Crippen molar-refractivity contribution in [3.8, 4) is 0 Å². The van der Waals surface area contributed by atoms with Crippen LogP contribution in [-0.2, 0) is 19.1 Å². The van der Waals surface area contributed by atoms with Crippen molar-refractivity contribution in [1.29, 1.82) is 0 Å². The number of hydrogen-bond acceptors (Lipinski definition) is 6. The summed E-state index contributed by atoms with van der Waals surface area (Å²) in [6.07, 6.45) is 0.917. The Balaban J connectivity index is 2.46. The average Bonchev–Trinajstić information content (AvgIpc) is 2.67. The predicted molar refractivity (Wildman–Crippen MR) is 99.7 cm³/mol. The Morgan fingerprint density at radius 2 is 1.70 bits per heavy atom. The fourth-order valence-electron chi connectivity index (χ4n) is 2.15. The molecule has 2 rings (SSSR count). The molecule has 2 aromatic carbocycles. The summed E-state index contributed by atoms with van der Waals surface area (Å²) < 4.78 is 22.9. The summed E-state index contributed by atoms with van der Waals surface area (Å²) in [5.74, 6) is -2.45. The zero-order chi connectivity index (χ0) is 20.0. The molecule has 0 bridgehead atoms. The SMILES string of the molecule is COC(=O)/C=C(/Nc1ccc(Br)cc1C(=O)c1ccc(F)cc1)C(=O)OC. The van der Waals surface area contributed by atoms with Crippen LogP contribution >= 0.6 is 15.9 Å². The maximum absolute atomic E-state index is 13.1. The zero-order valence-corrected chi connectivity index (χ0v) is 16.0. The maximum Gasteiger partial charge on any atom is 0.354 e. The van der Waals surface area contributed by atoms with Crippen molar-refractivity contribution in [2.75, 3.05) is 19.5 Å². The van der Waals surface area contributed by atoms with Gasteiger partial charge in [-0.15, -0.1) is 0 Å². The Kier molecular flexibility index (Phi) is 6.84. The number of methoxy groups -OCH3 is 2. The zero-order valence-electron chi connectivity index (χ0n) is 14.4. The van der Waals surface area contributed by atoms with Crippen LogP contribution in [-0.4, -0.2) is 31.9 Å². The molecule has 0 saturated carbocycles. The van der Waals surface area contributed by atoms with Crippen LogP contribution in [0.2, 0.25) is 0 Å². The minimum Gasteiger partial charge on any atom is -0.466 e. The summed E-state index contributed by atoms with van der Waals surface area (Å²) in [5, 5.41) is 2.72. The Morgan fingerprint density at radius 1 is 1.04 bits per heavy atom. The number of ketones is 1. The van der Waals surface area contributed by atoms with Crippen LogP contribution in [0.5, 0.6) is 0 Å². The van der Waals surface area contributed by atoms with Gasteiger partial charge < -0.3 is 14.8 Å². The molecule has 27 heavy (non-hydrogen) atoms. The van der Waals surface area contributed by atoms with Crippen LogP contribution in [0.3, 0.4) is 0 Å². The molecule has 6 nitrogen and oxygen atoms in total. The summed E-state index contributed by atoms with van der Waals surface area (Å²) in [6.45, 7) is 0. The van der Waals surface area contributed by atoms with Crippen LogP contribution in [0.25, 0.3) is 0 Å². The lowest BCUT2D eigenvalue weighted by Crippen LogP contribution is -2.17. The van der Waals surface area contributed by atoms with Gasteiger partial charge in [0, 0.05) is 21.3 Å². The minimum absolute atomic E-state index is 0.204. The molecule has 0 aromatic heterocycles. The number of nitrogens with one attached hydrogen (secondary N) is 1. The molecule has 0 unspecified atom stereocenters. The third-order valence-electron chi connectivity index (χ3n) is 3.47. The number of hydrogen-bond donors (Lipinski definition) is 1. The van der Waals surface area contributed by atoms with Crippen LogP contribution < -0.4 is 5.32 Å². The summed E-state index contributed by atoms with van der Waals surface area (Å²) in [4.78, 5) is 36.2. The molecule has 0 aliphatic heterocycles. The number of halogens is 2. The van der Waals surface area contributed by atoms with Gasteiger partial charge in [-0.25, -0.2) is 14.0 Å². The van der Waals surface area contributed by atoms with Crippen LogP contribution in [0.1, 0.15) is 15.9 Å². The molecule has 0 heterocycles. The molecule has 0 atom stereocenters.